The summed E-state index contributed by atoms with van der Waals surface area (Å²) in [7, 11) is 2.72. The van der Waals surface area contributed by atoms with Crippen LogP contribution in [0.2, 0.25) is 0 Å². The summed E-state index contributed by atoms with van der Waals surface area (Å²) in [6, 6.07) is 13.3. The van der Waals surface area contributed by atoms with Crippen molar-refractivity contribution in [2.24, 2.45) is 0 Å². The van der Waals surface area contributed by atoms with Crippen LogP contribution in [0.3, 0.4) is 0 Å². The number of aromatic nitrogens is 1. The van der Waals surface area contributed by atoms with E-state index in [1.165, 1.54) is 25.0 Å². The molecule has 0 bridgehead atoms. The summed E-state index contributed by atoms with van der Waals surface area (Å²) >= 11 is 0. The molecule has 3 aromatic rings. The molecule has 1 amide bonds. The van der Waals surface area contributed by atoms with E-state index in [2.05, 4.69) is 0 Å². The number of esters is 1. The third-order valence-electron chi connectivity index (χ3n) is 4.75. The van der Waals surface area contributed by atoms with Gasteiger partial charge >= 0.3 is 12.1 Å². The molecule has 0 aliphatic carbocycles. The molecule has 9 heteroatoms. The first kappa shape index (κ1) is 22.2. The number of carbonyl (C=O) groups excluding carboxylic acids is 2. The molecule has 1 aromatic heterocycles. The number of alkyl halides is 3. The zero-order chi connectivity index (χ0) is 22.6. The lowest BCUT2D eigenvalue weighted by Gasteiger charge is -2.24. The lowest BCUT2D eigenvalue weighted by atomic mass is 10.2. The Kier molecular flexibility index (Phi) is 6.53. The molecule has 0 aliphatic rings. The van der Waals surface area contributed by atoms with E-state index in [0.29, 0.717) is 22.2 Å². The fraction of sp³-hybridized carbons (Fsp3) is 0.273. The van der Waals surface area contributed by atoms with E-state index in [0.717, 1.165) is 4.90 Å². The van der Waals surface area contributed by atoms with Gasteiger partial charge in [0.25, 0.3) is 0 Å². The summed E-state index contributed by atoms with van der Waals surface area (Å²) in [5.41, 5.74) is 1.32. The van der Waals surface area contributed by atoms with E-state index in [9.17, 15) is 22.8 Å². The van der Waals surface area contributed by atoms with Crippen LogP contribution in [0.1, 0.15) is 15.9 Å². The van der Waals surface area contributed by atoms with Crippen molar-refractivity contribution in [1.82, 2.24) is 9.47 Å². The highest BCUT2D eigenvalue weighted by molar-refractivity contribution is 6.04. The van der Waals surface area contributed by atoms with Crippen LogP contribution in [-0.4, -0.2) is 48.3 Å². The number of nitrogens with zero attached hydrogens (tertiary/aromatic N) is 2. The highest BCUT2D eigenvalue weighted by Gasteiger charge is 2.33. The van der Waals surface area contributed by atoms with E-state index >= 15 is 0 Å². The van der Waals surface area contributed by atoms with Gasteiger partial charge in [-0.15, -0.1) is 0 Å². The second-order valence-corrected chi connectivity index (χ2v) is 6.89. The molecule has 1 heterocycles. The average Bonchev–Trinajstić information content (AvgIpc) is 3.11. The summed E-state index contributed by atoms with van der Waals surface area (Å²) in [5, 5.41) is 0.555. The number of fused-ring (bicyclic) bond motifs is 1. The number of amides is 1. The summed E-state index contributed by atoms with van der Waals surface area (Å²) in [4.78, 5) is 25.7. The zero-order valence-electron chi connectivity index (χ0n) is 17.0. The average molecular weight is 434 g/mol. The van der Waals surface area contributed by atoms with Gasteiger partial charge in [-0.05, 0) is 23.8 Å². The molecule has 0 aliphatic heterocycles. The summed E-state index contributed by atoms with van der Waals surface area (Å²) in [6.07, 6.45) is -3.13. The van der Waals surface area contributed by atoms with Gasteiger partial charge in [-0.3, -0.25) is 4.79 Å². The highest BCUT2D eigenvalue weighted by Crippen LogP contribution is 2.24. The maximum Gasteiger partial charge on any atom is 0.406 e. The molecule has 0 radical (unpaired) electrons. The fourth-order valence-electron chi connectivity index (χ4n) is 3.30. The quantitative estimate of drug-likeness (QED) is 0.527. The number of ether oxygens (including phenoxy) is 2. The number of benzene rings is 2. The number of hydrogen-bond donors (Lipinski definition) is 0. The number of hydrogen-bond acceptors (Lipinski definition) is 4. The Morgan fingerprint density at radius 2 is 1.71 bits per heavy atom. The third-order valence-corrected chi connectivity index (χ3v) is 4.75. The van der Waals surface area contributed by atoms with Crippen molar-refractivity contribution in [3.05, 3.63) is 65.9 Å². The molecule has 0 unspecified atom stereocenters. The molecule has 0 saturated heterocycles. The van der Waals surface area contributed by atoms with E-state index < -0.39 is 24.6 Å². The van der Waals surface area contributed by atoms with E-state index in [4.69, 9.17) is 9.47 Å². The molecule has 164 valence electrons. The minimum absolute atomic E-state index is 0.217. The van der Waals surface area contributed by atoms with Gasteiger partial charge < -0.3 is 18.9 Å². The van der Waals surface area contributed by atoms with Crippen LogP contribution in [0.25, 0.3) is 10.9 Å². The van der Waals surface area contributed by atoms with Gasteiger partial charge in [-0.1, -0.05) is 30.3 Å². The van der Waals surface area contributed by atoms with Crippen molar-refractivity contribution in [1.29, 1.82) is 0 Å². The van der Waals surface area contributed by atoms with Gasteiger partial charge in [-0.25, -0.2) is 4.79 Å². The van der Waals surface area contributed by atoms with Gasteiger partial charge in [0, 0.05) is 23.6 Å². The Hall–Kier alpha value is -3.49. The van der Waals surface area contributed by atoms with Crippen molar-refractivity contribution in [3.8, 4) is 5.75 Å². The van der Waals surface area contributed by atoms with Crippen LogP contribution in [0.5, 0.6) is 5.75 Å². The third kappa shape index (κ3) is 5.36. The van der Waals surface area contributed by atoms with Crippen molar-refractivity contribution < 1.29 is 32.2 Å². The van der Waals surface area contributed by atoms with Gasteiger partial charge in [0.1, 0.15) is 18.8 Å². The second kappa shape index (κ2) is 9.11. The van der Waals surface area contributed by atoms with E-state index in [-0.39, 0.29) is 18.7 Å². The summed E-state index contributed by atoms with van der Waals surface area (Å²) in [5.74, 6) is -0.760. The maximum atomic E-state index is 13.2. The van der Waals surface area contributed by atoms with Gasteiger partial charge in [0.05, 0.1) is 19.8 Å². The van der Waals surface area contributed by atoms with Crippen molar-refractivity contribution in [3.63, 3.8) is 0 Å². The minimum atomic E-state index is -4.56. The van der Waals surface area contributed by atoms with Gasteiger partial charge in [0.2, 0.25) is 5.91 Å². The first-order chi connectivity index (χ1) is 14.7. The normalized spacial score (nSPS) is 11.4. The minimum Gasteiger partial charge on any atom is -0.497 e. The molecule has 31 heavy (non-hydrogen) atoms. The predicted molar refractivity (Wildman–Crippen MR) is 108 cm³/mol. The second-order valence-electron chi connectivity index (χ2n) is 6.89. The highest BCUT2D eigenvalue weighted by atomic mass is 19.4. The maximum absolute atomic E-state index is 13.2. The monoisotopic (exact) mass is 434 g/mol. The van der Waals surface area contributed by atoms with Crippen LogP contribution in [0.4, 0.5) is 13.2 Å². The molecule has 0 spiro atoms. The largest absolute Gasteiger partial charge is 0.497 e. The summed E-state index contributed by atoms with van der Waals surface area (Å²) < 4.78 is 50.7. The van der Waals surface area contributed by atoms with Crippen LogP contribution in [0, 0.1) is 0 Å². The Morgan fingerprint density at radius 1 is 1.03 bits per heavy atom. The number of para-hydroxylation sites is 1. The molecule has 0 fully saturated rings. The molecular weight excluding hydrogens is 413 g/mol. The Morgan fingerprint density at radius 3 is 2.32 bits per heavy atom. The molecule has 0 atom stereocenters. The fourth-order valence-corrected chi connectivity index (χ4v) is 3.30. The Bertz CT molecular complexity index is 1070. The molecule has 0 N–H and O–H groups in total. The van der Waals surface area contributed by atoms with Crippen LogP contribution >= 0.6 is 0 Å². The van der Waals surface area contributed by atoms with Gasteiger partial charge in [-0.2, -0.15) is 13.2 Å². The Labute approximate surface area is 176 Å². The SMILES string of the molecule is COC(=O)c1cn(CC(=O)N(Cc2ccc(OC)cc2)CC(F)(F)F)c2ccccc12. The number of methoxy groups -OCH3 is 2. The molecule has 0 saturated carbocycles. The van der Waals surface area contributed by atoms with Crippen molar-refractivity contribution >= 4 is 22.8 Å². The molecule has 3 rings (SSSR count). The Balaban J connectivity index is 1.88. The van der Waals surface area contributed by atoms with E-state index in [1.54, 1.807) is 48.5 Å². The van der Waals surface area contributed by atoms with Crippen molar-refractivity contribution in [2.45, 2.75) is 19.3 Å². The van der Waals surface area contributed by atoms with Crippen molar-refractivity contribution in [2.75, 3.05) is 20.8 Å². The van der Waals surface area contributed by atoms with Crippen LogP contribution in [0.15, 0.2) is 54.7 Å². The standard InChI is InChI=1S/C22H21F3N2O4/c1-30-16-9-7-15(8-10-16)11-27(14-22(23,24)25)20(28)13-26-12-18(21(29)31-2)17-5-3-4-6-19(17)26/h3-10,12H,11,13-14H2,1-2H3. The number of halogens is 3. The number of carbonyl (C=O) groups is 2. The zero-order valence-corrected chi connectivity index (χ0v) is 17.0. The lowest BCUT2D eigenvalue weighted by molar-refractivity contribution is -0.162. The number of rotatable bonds is 7. The molecule has 6 nitrogen and oxygen atoms in total. The first-order valence-electron chi connectivity index (χ1n) is 9.35. The van der Waals surface area contributed by atoms with Gasteiger partial charge in [0.15, 0.2) is 0 Å². The first-order valence-corrected chi connectivity index (χ1v) is 9.35. The smallest absolute Gasteiger partial charge is 0.406 e. The van der Waals surface area contributed by atoms with Crippen LogP contribution in [-0.2, 0) is 22.6 Å². The summed E-state index contributed by atoms with van der Waals surface area (Å²) in [6.45, 7) is -1.96. The predicted octanol–water partition coefficient (Wildman–Crippen LogP) is 4.03. The molecule has 2 aromatic carbocycles. The molecular formula is C22H21F3N2O4. The van der Waals surface area contributed by atoms with Crippen LogP contribution < -0.4 is 4.74 Å². The topological polar surface area (TPSA) is 60.8 Å². The van der Waals surface area contributed by atoms with E-state index in [1.807, 2.05) is 0 Å². The lowest BCUT2D eigenvalue weighted by Crippen LogP contribution is -2.40.